The summed E-state index contributed by atoms with van der Waals surface area (Å²) < 4.78 is 13.2. The molecule has 0 aliphatic rings. The molecule has 0 radical (unpaired) electrons. The SMILES string of the molecule is N#CCN(CC#N)C(=O)c1ccncc1F. The number of nitrogens with zero attached hydrogens (tertiary/aromatic N) is 4. The number of aromatic nitrogens is 1. The van der Waals surface area contributed by atoms with Gasteiger partial charge in [0.2, 0.25) is 0 Å². The van der Waals surface area contributed by atoms with Crippen molar-refractivity contribution in [3.05, 3.63) is 29.8 Å². The van der Waals surface area contributed by atoms with E-state index in [1.807, 2.05) is 0 Å². The first-order valence-electron chi connectivity index (χ1n) is 4.33. The minimum Gasteiger partial charge on any atom is -0.312 e. The molecule has 0 spiro atoms. The van der Waals surface area contributed by atoms with Crippen molar-refractivity contribution < 1.29 is 9.18 Å². The maximum absolute atomic E-state index is 13.2. The zero-order valence-corrected chi connectivity index (χ0v) is 8.22. The summed E-state index contributed by atoms with van der Waals surface area (Å²) in [5.41, 5.74) is -0.194. The third-order valence-electron chi connectivity index (χ3n) is 1.81. The maximum Gasteiger partial charge on any atom is 0.258 e. The molecular formula is C10H7FN4O. The molecule has 80 valence electrons. The van der Waals surface area contributed by atoms with Crippen molar-refractivity contribution in [1.82, 2.24) is 9.88 Å². The average Bonchev–Trinajstić information content (AvgIpc) is 2.28. The topological polar surface area (TPSA) is 80.8 Å². The van der Waals surface area contributed by atoms with Gasteiger partial charge < -0.3 is 4.90 Å². The molecule has 0 saturated carbocycles. The van der Waals surface area contributed by atoms with Crippen LogP contribution in [0.2, 0.25) is 0 Å². The minimum absolute atomic E-state index is 0.194. The predicted molar refractivity (Wildman–Crippen MR) is 51.3 cm³/mol. The van der Waals surface area contributed by atoms with Gasteiger partial charge in [-0.1, -0.05) is 0 Å². The van der Waals surface area contributed by atoms with Gasteiger partial charge in [-0.25, -0.2) is 4.39 Å². The Kier molecular flexibility index (Phi) is 3.93. The number of rotatable bonds is 3. The van der Waals surface area contributed by atoms with E-state index in [0.717, 1.165) is 11.1 Å². The lowest BCUT2D eigenvalue weighted by molar-refractivity contribution is 0.0790. The van der Waals surface area contributed by atoms with Crippen molar-refractivity contribution in [2.24, 2.45) is 0 Å². The number of pyridine rings is 1. The smallest absolute Gasteiger partial charge is 0.258 e. The Morgan fingerprint density at radius 2 is 2.06 bits per heavy atom. The van der Waals surface area contributed by atoms with Crippen LogP contribution in [0.4, 0.5) is 4.39 Å². The van der Waals surface area contributed by atoms with Crippen LogP contribution < -0.4 is 0 Å². The van der Waals surface area contributed by atoms with E-state index in [2.05, 4.69) is 4.98 Å². The Bertz CT molecular complexity index is 458. The molecule has 6 heteroatoms. The van der Waals surface area contributed by atoms with E-state index in [4.69, 9.17) is 10.5 Å². The van der Waals surface area contributed by atoms with Crippen LogP contribution in [0.5, 0.6) is 0 Å². The van der Waals surface area contributed by atoms with Gasteiger partial charge in [0.05, 0.1) is 23.9 Å². The van der Waals surface area contributed by atoms with Crippen LogP contribution in [0.25, 0.3) is 0 Å². The van der Waals surface area contributed by atoms with Gasteiger partial charge in [-0.05, 0) is 6.07 Å². The van der Waals surface area contributed by atoms with Crippen LogP contribution in [0.15, 0.2) is 18.5 Å². The molecule has 0 saturated heterocycles. The van der Waals surface area contributed by atoms with E-state index in [1.54, 1.807) is 12.1 Å². The zero-order chi connectivity index (χ0) is 12.0. The summed E-state index contributed by atoms with van der Waals surface area (Å²) in [5.74, 6) is -1.46. The van der Waals surface area contributed by atoms with Crippen LogP contribution in [0.1, 0.15) is 10.4 Å². The Morgan fingerprint density at radius 1 is 1.44 bits per heavy atom. The summed E-state index contributed by atoms with van der Waals surface area (Å²) in [4.78, 5) is 16.2. The number of hydrogen-bond donors (Lipinski definition) is 0. The van der Waals surface area contributed by atoms with E-state index >= 15 is 0 Å². The molecule has 5 nitrogen and oxygen atoms in total. The third kappa shape index (κ3) is 2.52. The Hall–Kier alpha value is -2.47. The molecule has 1 heterocycles. The standard InChI is InChI=1S/C10H7FN4O/c11-9-7-14-4-1-8(9)10(16)15(5-2-12)6-3-13/h1,4,7H,5-6H2. The summed E-state index contributed by atoms with van der Waals surface area (Å²) in [6.07, 6.45) is 2.18. The molecule has 0 aromatic carbocycles. The van der Waals surface area contributed by atoms with Gasteiger partial charge >= 0.3 is 0 Å². The molecule has 1 rings (SSSR count). The lowest BCUT2D eigenvalue weighted by Crippen LogP contribution is -2.32. The largest absolute Gasteiger partial charge is 0.312 e. The van der Waals surface area contributed by atoms with Crippen molar-refractivity contribution in [1.29, 1.82) is 10.5 Å². The highest BCUT2D eigenvalue weighted by molar-refractivity contribution is 5.94. The second-order valence-electron chi connectivity index (χ2n) is 2.83. The Morgan fingerprint density at radius 3 is 2.56 bits per heavy atom. The molecule has 0 aliphatic carbocycles. The monoisotopic (exact) mass is 218 g/mol. The molecule has 0 bridgehead atoms. The van der Waals surface area contributed by atoms with E-state index in [9.17, 15) is 9.18 Å². The highest BCUT2D eigenvalue weighted by atomic mass is 19.1. The first kappa shape index (κ1) is 11.6. The second kappa shape index (κ2) is 5.42. The fraction of sp³-hybridized carbons (Fsp3) is 0.200. The Labute approximate surface area is 91.3 Å². The molecule has 1 aromatic rings. The first-order chi connectivity index (χ1) is 7.70. The maximum atomic E-state index is 13.2. The van der Waals surface area contributed by atoms with Crippen LogP contribution in [0.3, 0.4) is 0 Å². The van der Waals surface area contributed by atoms with Crippen molar-refractivity contribution in [2.75, 3.05) is 13.1 Å². The summed E-state index contributed by atoms with van der Waals surface area (Å²) in [7, 11) is 0. The van der Waals surface area contributed by atoms with Crippen molar-refractivity contribution in [3.63, 3.8) is 0 Å². The van der Waals surface area contributed by atoms with Gasteiger partial charge in [0.15, 0.2) is 5.82 Å². The van der Waals surface area contributed by atoms with E-state index in [1.165, 1.54) is 12.3 Å². The quantitative estimate of drug-likeness (QED) is 0.699. The van der Waals surface area contributed by atoms with Gasteiger partial charge in [-0.2, -0.15) is 10.5 Å². The molecule has 1 aromatic heterocycles. The summed E-state index contributed by atoms with van der Waals surface area (Å²) in [5, 5.41) is 16.9. The molecule has 0 fully saturated rings. The summed E-state index contributed by atoms with van der Waals surface area (Å²) in [6, 6.07) is 4.69. The highest BCUT2D eigenvalue weighted by Crippen LogP contribution is 2.08. The molecule has 0 atom stereocenters. The molecule has 1 amide bonds. The summed E-state index contributed by atoms with van der Waals surface area (Å²) in [6.45, 7) is -0.512. The van der Waals surface area contributed by atoms with E-state index in [0.29, 0.717) is 0 Å². The van der Waals surface area contributed by atoms with Gasteiger partial charge in [0.25, 0.3) is 5.91 Å². The molecule has 0 N–H and O–H groups in total. The first-order valence-corrected chi connectivity index (χ1v) is 4.33. The van der Waals surface area contributed by atoms with Gasteiger partial charge in [0.1, 0.15) is 13.1 Å². The molecule has 16 heavy (non-hydrogen) atoms. The number of nitriles is 2. The van der Waals surface area contributed by atoms with E-state index in [-0.39, 0.29) is 18.7 Å². The Balaban J connectivity index is 2.96. The number of carbonyl (C=O) groups is 1. The van der Waals surface area contributed by atoms with Crippen LogP contribution in [0, 0.1) is 28.5 Å². The van der Waals surface area contributed by atoms with Crippen LogP contribution in [-0.2, 0) is 0 Å². The predicted octanol–water partition coefficient (Wildman–Crippen LogP) is 0.710. The number of carbonyl (C=O) groups excluding carboxylic acids is 1. The van der Waals surface area contributed by atoms with E-state index < -0.39 is 11.7 Å². The van der Waals surface area contributed by atoms with Gasteiger partial charge in [-0.3, -0.25) is 9.78 Å². The second-order valence-corrected chi connectivity index (χ2v) is 2.83. The van der Waals surface area contributed by atoms with Crippen molar-refractivity contribution >= 4 is 5.91 Å². The lowest BCUT2D eigenvalue weighted by atomic mass is 10.2. The highest BCUT2D eigenvalue weighted by Gasteiger charge is 2.18. The van der Waals surface area contributed by atoms with Gasteiger partial charge in [0, 0.05) is 6.20 Å². The number of hydrogen-bond acceptors (Lipinski definition) is 4. The fourth-order valence-electron chi connectivity index (χ4n) is 1.09. The minimum atomic E-state index is -0.770. The van der Waals surface area contributed by atoms with Crippen molar-refractivity contribution in [3.8, 4) is 12.1 Å². The normalized spacial score (nSPS) is 8.94. The third-order valence-corrected chi connectivity index (χ3v) is 1.81. The summed E-state index contributed by atoms with van der Waals surface area (Å²) >= 11 is 0. The number of halogens is 1. The lowest BCUT2D eigenvalue weighted by Gasteiger charge is -2.15. The molecular weight excluding hydrogens is 211 g/mol. The van der Waals surface area contributed by atoms with Crippen LogP contribution in [-0.4, -0.2) is 28.9 Å². The van der Waals surface area contributed by atoms with Gasteiger partial charge in [-0.15, -0.1) is 0 Å². The average molecular weight is 218 g/mol. The van der Waals surface area contributed by atoms with Crippen molar-refractivity contribution in [2.45, 2.75) is 0 Å². The zero-order valence-electron chi connectivity index (χ0n) is 8.22. The molecule has 0 aliphatic heterocycles. The number of amides is 1. The fourth-order valence-corrected chi connectivity index (χ4v) is 1.09. The molecule has 0 unspecified atom stereocenters. The van der Waals surface area contributed by atoms with Crippen LogP contribution >= 0.6 is 0 Å².